The monoisotopic (exact) mass is 336 g/mol. The van der Waals surface area contributed by atoms with Crippen molar-refractivity contribution < 1.29 is 17.7 Å². The third-order valence-corrected chi connectivity index (χ3v) is 5.00. The molecule has 6 nitrogen and oxygen atoms in total. The van der Waals surface area contributed by atoms with Crippen molar-refractivity contribution in [3.05, 3.63) is 52.9 Å². The van der Waals surface area contributed by atoms with Crippen LogP contribution in [0.3, 0.4) is 0 Å². The van der Waals surface area contributed by atoms with Crippen LogP contribution in [-0.4, -0.2) is 25.2 Å². The highest BCUT2D eigenvalue weighted by molar-refractivity contribution is 7.91. The molecular formula is C16H20N2O4S. The molecule has 1 heterocycles. The molecule has 0 saturated heterocycles. The number of hydrogen-bond acceptors (Lipinski definition) is 5. The number of nitrogens with zero attached hydrogens (tertiary/aromatic N) is 1. The van der Waals surface area contributed by atoms with Crippen LogP contribution in [-0.2, 0) is 20.4 Å². The van der Waals surface area contributed by atoms with E-state index in [1.54, 1.807) is 13.8 Å². The minimum atomic E-state index is -3.59. The second-order valence-corrected chi connectivity index (χ2v) is 7.60. The van der Waals surface area contributed by atoms with E-state index in [0.29, 0.717) is 17.0 Å². The lowest BCUT2D eigenvalue weighted by Gasteiger charge is -2.14. The standard InChI is InChI=1S/C16H20N2O4S/c1-11(14-7-5-4-6-8-14)17-16(19)10-23(20,21)9-15-12(2)18-22-13(15)3/h4-8,11H,9-10H2,1-3H3,(H,17,19). The van der Waals surface area contributed by atoms with Gasteiger partial charge in [0.2, 0.25) is 5.91 Å². The highest BCUT2D eigenvalue weighted by atomic mass is 32.2. The van der Waals surface area contributed by atoms with Gasteiger partial charge in [-0.2, -0.15) is 0 Å². The molecule has 23 heavy (non-hydrogen) atoms. The normalized spacial score (nSPS) is 12.8. The van der Waals surface area contributed by atoms with Crippen molar-refractivity contribution in [1.82, 2.24) is 10.5 Å². The number of hydrogen-bond donors (Lipinski definition) is 1. The van der Waals surface area contributed by atoms with Crippen molar-refractivity contribution in [3.8, 4) is 0 Å². The number of aryl methyl sites for hydroxylation is 2. The number of amides is 1. The Bertz CT molecular complexity index is 762. The molecule has 1 N–H and O–H groups in total. The van der Waals surface area contributed by atoms with Crippen LogP contribution in [0.5, 0.6) is 0 Å². The van der Waals surface area contributed by atoms with Crippen molar-refractivity contribution in [3.63, 3.8) is 0 Å². The molecule has 1 unspecified atom stereocenters. The van der Waals surface area contributed by atoms with E-state index < -0.39 is 21.5 Å². The third kappa shape index (κ3) is 4.66. The van der Waals surface area contributed by atoms with E-state index in [-0.39, 0.29) is 11.8 Å². The zero-order chi connectivity index (χ0) is 17.0. The Morgan fingerprint density at radius 2 is 1.91 bits per heavy atom. The third-order valence-electron chi connectivity index (χ3n) is 3.57. The lowest BCUT2D eigenvalue weighted by atomic mass is 10.1. The summed E-state index contributed by atoms with van der Waals surface area (Å²) in [6, 6.07) is 9.12. The molecule has 0 spiro atoms. The maximum Gasteiger partial charge on any atom is 0.235 e. The molecule has 0 fully saturated rings. The Morgan fingerprint density at radius 1 is 1.26 bits per heavy atom. The summed E-state index contributed by atoms with van der Waals surface area (Å²) in [7, 11) is -3.59. The number of rotatable bonds is 6. The fourth-order valence-electron chi connectivity index (χ4n) is 2.29. The fourth-order valence-corrected chi connectivity index (χ4v) is 3.72. The highest BCUT2D eigenvalue weighted by Gasteiger charge is 2.22. The molecule has 0 bridgehead atoms. The maximum absolute atomic E-state index is 12.2. The second-order valence-electron chi connectivity index (χ2n) is 5.53. The zero-order valence-corrected chi connectivity index (χ0v) is 14.2. The van der Waals surface area contributed by atoms with Gasteiger partial charge in [0.05, 0.1) is 17.5 Å². The van der Waals surface area contributed by atoms with E-state index in [4.69, 9.17) is 4.52 Å². The molecule has 0 radical (unpaired) electrons. The van der Waals surface area contributed by atoms with Crippen LogP contribution in [0.25, 0.3) is 0 Å². The van der Waals surface area contributed by atoms with E-state index in [9.17, 15) is 13.2 Å². The summed E-state index contributed by atoms with van der Waals surface area (Å²) in [4.78, 5) is 12.0. The van der Waals surface area contributed by atoms with Gasteiger partial charge in [-0.15, -0.1) is 0 Å². The molecule has 124 valence electrons. The van der Waals surface area contributed by atoms with Gasteiger partial charge in [-0.3, -0.25) is 4.79 Å². The highest BCUT2D eigenvalue weighted by Crippen LogP contribution is 2.16. The smallest absolute Gasteiger partial charge is 0.235 e. The van der Waals surface area contributed by atoms with Crippen LogP contribution in [0.2, 0.25) is 0 Å². The van der Waals surface area contributed by atoms with E-state index in [2.05, 4.69) is 10.5 Å². The first-order valence-electron chi connectivity index (χ1n) is 7.25. The first kappa shape index (κ1) is 17.2. The maximum atomic E-state index is 12.2. The molecule has 0 saturated carbocycles. The number of nitrogens with one attached hydrogen (secondary N) is 1. The van der Waals surface area contributed by atoms with Gasteiger partial charge in [0.25, 0.3) is 0 Å². The van der Waals surface area contributed by atoms with E-state index in [1.807, 2.05) is 37.3 Å². The summed E-state index contributed by atoms with van der Waals surface area (Å²) >= 11 is 0. The van der Waals surface area contributed by atoms with Gasteiger partial charge in [0.1, 0.15) is 11.5 Å². The minimum Gasteiger partial charge on any atom is -0.361 e. The first-order valence-corrected chi connectivity index (χ1v) is 9.07. The lowest BCUT2D eigenvalue weighted by molar-refractivity contribution is -0.119. The van der Waals surface area contributed by atoms with Crippen molar-refractivity contribution >= 4 is 15.7 Å². The summed E-state index contributed by atoms with van der Waals surface area (Å²) in [5.74, 6) is -0.868. The van der Waals surface area contributed by atoms with Crippen molar-refractivity contribution in [2.45, 2.75) is 32.6 Å². The summed E-state index contributed by atoms with van der Waals surface area (Å²) < 4.78 is 29.4. The second kappa shape index (κ2) is 6.95. The average Bonchev–Trinajstić information content (AvgIpc) is 2.79. The van der Waals surface area contributed by atoms with Crippen molar-refractivity contribution in [2.75, 3.05) is 5.75 Å². The van der Waals surface area contributed by atoms with Crippen LogP contribution in [0.15, 0.2) is 34.9 Å². The molecule has 0 aliphatic carbocycles. The predicted octanol–water partition coefficient (Wildman–Crippen LogP) is 2.08. The number of carbonyl (C=O) groups is 1. The molecular weight excluding hydrogens is 316 g/mol. The van der Waals surface area contributed by atoms with Crippen LogP contribution in [0.4, 0.5) is 0 Å². The van der Waals surface area contributed by atoms with E-state index in [1.165, 1.54) is 0 Å². The summed E-state index contributed by atoms with van der Waals surface area (Å²) in [6.07, 6.45) is 0. The number of sulfone groups is 1. The molecule has 2 aromatic rings. The Hall–Kier alpha value is -2.15. The summed E-state index contributed by atoms with van der Waals surface area (Å²) in [5.41, 5.74) is 1.97. The van der Waals surface area contributed by atoms with Crippen molar-refractivity contribution in [1.29, 1.82) is 0 Å². The van der Waals surface area contributed by atoms with E-state index >= 15 is 0 Å². The molecule has 1 atom stereocenters. The topological polar surface area (TPSA) is 89.3 Å². The molecule has 1 amide bonds. The SMILES string of the molecule is Cc1noc(C)c1CS(=O)(=O)CC(=O)NC(C)c1ccccc1. The summed E-state index contributed by atoms with van der Waals surface area (Å²) in [6.45, 7) is 5.15. The molecule has 1 aromatic carbocycles. The van der Waals surface area contributed by atoms with E-state index in [0.717, 1.165) is 5.56 Å². The largest absolute Gasteiger partial charge is 0.361 e. The molecule has 7 heteroatoms. The molecule has 2 rings (SSSR count). The Kier molecular flexibility index (Phi) is 5.20. The predicted molar refractivity (Wildman–Crippen MR) is 86.5 cm³/mol. The van der Waals surface area contributed by atoms with Crippen LogP contribution in [0, 0.1) is 13.8 Å². The quantitative estimate of drug-likeness (QED) is 0.872. The van der Waals surface area contributed by atoms with Gasteiger partial charge in [0.15, 0.2) is 9.84 Å². The Labute approximate surface area is 135 Å². The van der Waals surface area contributed by atoms with Crippen LogP contribution < -0.4 is 5.32 Å². The zero-order valence-electron chi connectivity index (χ0n) is 13.4. The molecule has 0 aliphatic rings. The first-order chi connectivity index (χ1) is 10.8. The number of carbonyl (C=O) groups excluding carboxylic acids is 1. The van der Waals surface area contributed by atoms with Crippen LogP contribution in [0.1, 0.15) is 35.5 Å². The minimum absolute atomic E-state index is 0.249. The number of benzene rings is 1. The van der Waals surface area contributed by atoms with Crippen molar-refractivity contribution in [2.24, 2.45) is 0 Å². The molecule has 0 aliphatic heterocycles. The van der Waals surface area contributed by atoms with Gasteiger partial charge in [0, 0.05) is 5.56 Å². The van der Waals surface area contributed by atoms with Gasteiger partial charge in [-0.1, -0.05) is 35.5 Å². The van der Waals surface area contributed by atoms with Gasteiger partial charge in [-0.25, -0.2) is 8.42 Å². The van der Waals surface area contributed by atoms with Gasteiger partial charge < -0.3 is 9.84 Å². The fraction of sp³-hybridized carbons (Fsp3) is 0.375. The van der Waals surface area contributed by atoms with Gasteiger partial charge in [-0.05, 0) is 26.3 Å². The lowest BCUT2D eigenvalue weighted by Crippen LogP contribution is -2.32. The van der Waals surface area contributed by atoms with Crippen LogP contribution >= 0.6 is 0 Å². The van der Waals surface area contributed by atoms with Gasteiger partial charge >= 0.3 is 0 Å². The Balaban J connectivity index is 1.99. The molecule has 1 aromatic heterocycles. The number of aromatic nitrogens is 1. The average molecular weight is 336 g/mol. The summed E-state index contributed by atoms with van der Waals surface area (Å²) in [5, 5.41) is 6.43. The Morgan fingerprint density at radius 3 is 2.48 bits per heavy atom.